The Balaban J connectivity index is 2.70. The molecule has 0 fully saturated rings. The summed E-state index contributed by atoms with van der Waals surface area (Å²) in [6.07, 6.45) is 0. The lowest BCUT2D eigenvalue weighted by Gasteiger charge is -2.11. The molecule has 0 heterocycles. The lowest BCUT2D eigenvalue weighted by molar-refractivity contribution is 0.312. The van der Waals surface area contributed by atoms with Crippen LogP contribution in [0.25, 0.3) is 0 Å². The molecule has 0 aliphatic carbocycles. The highest BCUT2D eigenvalue weighted by molar-refractivity contribution is 6.25. The first kappa shape index (κ1) is 16.9. The van der Waals surface area contributed by atoms with Crippen LogP contribution in [0.15, 0.2) is 23.2 Å². The van der Waals surface area contributed by atoms with Gasteiger partial charge in [0.1, 0.15) is 6.61 Å². The molecule has 0 radical (unpaired) electrons. The van der Waals surface area contributed by atoms with E-state index in [1.807, 2.05) is 0 Å². The number of ether oxygens (including phenoxy) is 1. The summed E-state index contributed by atoms with van der Waals surface area (Å²) in [4.78, 5) is 0. The third kappa shape index (κ3) is 5.47. The van der Waals surface area contributed by atoms with Crippen LogP contribution in [-0.2, 0) is 6.54 Å². The molecule has 0 aromatic heterocycles. The monoisotopic (exact) mass is 303 g/mol. The Hall–Kier alpha value is -1.13. The lowest BCUT2D eigenvalue weighted by atomic mass is 10.1. The largest absolute Gasteiger partial charge is 0.483 e. The Morgan fingerprint density at radius 1 is 1.35 bits per heavy atom. The molecule has 2 nitrogen and oxygen atoms in total. The van der Waals surface area contributed by atoms with Crippen LogP contribution in [0.3, 0.4) is 0 Å². The Labute approximate surface area is 123 Å². The zero-order chi connectivity index (χ0) is 15.1. The van der Waals surface area contributed by atoms with Crippen molar-refractivity contribution < 1.29 is 13.5 Å². The average molecular weight is 304 g/mol. The van der Waals surface area contributed by atoms with Gasteiger partial charge in [0, 0.05) is 12.1 Å². The van der Waals surface area contributed by atoms with Crippen molar-refractivity contribution in [1.82, 2.24) is 5.32 Å². The van der Waals surface area contributed by atoms with Gasteiger partial charge in [0.25, 0.3) is 0 Å². The summed E-state index contributed by atoms with van der Waals surface area (Å²) in [7, 11) is 0. The highest BCUT2D eigenvalue weighted by Gasteiger charge is 2.13. The van der Waals surface area contributed by atoms with Gasteiger partial charge in [-0.2, -0.15) is 0 Å². The Kier molecular flexibility index (Phi) is 6.96. The zero-order valence-electron chi connectivity index (χ0n) is 12.0. The van der Waals surface area contributed by atoms with Crippen molar-refractivity contribution in [2.24, 2.45) is 5.92 Å². The molecule has 0 saturated carbocycles. The smallest absolute Gasteiger partial charge is 0.191 e. The van der Waals surface area contributed by atoms with Gasteiger partial charge >= 0.3 is 0 Å². The predicted molar refractivity (Wildman–Crippen MR) is 78.0 cm³/mol. The first-order valence-electron chi connectivity index (χ1n) is 6.51. The number of hydrogen-bond donors (Lipinski definition) is 1. The maximum absolute atomic E-state index is 13.8. The fraction of sp³-hybridized carbons (Fsp3) is 0.467. The van der Waals surface area contributed by atoms with E-state index < -0.39 is 11.6 Å². The lowest BCUT2D eigenvalue weighted by Crippen LogP contribution is -2.19. The SMILES string of the molecule is C/C(=C\Cl)COc1c(F)cc(CNCC(C)C)cc1F. The second kappa shape index (κ2) is 8.22. The predicted octanol–water partition coefficient (Wildman–Crippen LogP) is 4.23. The van der Waals surface area contributed by atoms with Crippen molar-refractivity contribution in [3.63, 3.8) is 0 Å². The summed E-state index contributed by atoms with van der Waals surface area (Å²) in [6.45, 7) is 7.12. The van der Waals surface area contributed by atoms with Crippen LogP contribution in [0.1, 0.15) is 26.3 Å². The molecule has 20 heavy (non-hydrogen) atoms. The van der Waals surface area contributed by atoms with Crippen LogP contribution in [0, 0.1) is 17.6 Å². The van der Waals surface area contributed by atoms with E-state index in [0.29, 0.717) is 23.6 Å². The third-order valence-corrected chi connectivity index (χ3v) is 2.94. The number of halogens is 3. The van der Waals surface area contributed by atoms with Gasteiger partial charge in [0.05, 0.1) is 0 Å². The van der Waals surface area contributed by atoms with Crippen molar-refractivity contribution in [3.05, 3.63) is 40.4 Å². The zero-order valence-corrected chi connectivity index (χ0v) is 12.7. The van der Waals surface area contributed by atoms with E-state index in [9.17, 15) is 8.78 Å². The Bertz CT molecular complexity index is 452. The van der Waals surface area contributed by atoms with Gasteiger partial charge in [0.15, 0.2) is 17.4 Å². The van der Waals surface area contributed by atoms with Crippen molar-refractivity contribution >= 4 is 11.6 Å². The normalized spacial score (nSPS) is 12.1. The van der Waals surface area contributed by atoms with Gasteiger partial charge in [0.2, 0.25) is 0 Å². The molecular formula is C15H20ClF2NO. The standard InChI is InChI=1S/C15H20ClF2NO/c1-10(2)7-19-8-12-4-13(17)15(14(18)5-12)20-9-11(3)6-16/h4-6,10,19H,7-9H2,1-3H3/b11-6+. The molecule has 1 N–H and O–H groups in total. The molecule has 0 amide bonds. The quantitative estimate of drug-likeness (QED) is 0.814. The highest BCUT2D eigenvalue weighted by Crippen LogP contribution is 2.24. The van der Waals surface area contributed by atoms with Gasteiger partial charge < -0.3 is 10.1 Å². The second-order valence-electron chi connectivity index (χ2n) is 5.16. The minimum Gasteiger partial charge on any atom is -0.483 e. The molecule has 1 rings (SSSR count). The van der Waals surface area contributed by atoms with Crippen molar-refractivity contribution in [2.75, 3.05) is 13.2 Å². The van der Waals surface area contributed by atoms with E-state index in [-0.39, 0.29) is 12.4 Å². The van der Waals surface area contributed by atoms with Gasteiger partial charge in [-0.1, -0.05) is 25.4 Å². The molecule has 0 aliphatic rings. The van der Waals surface area contributed by atoms with Crippen LogP contribution >= 0.6 is 11.6 Å². The van der Waals surface area contributed by atoms with Crippen LogP contribution in [-0.4, -0.2) is 13.2 Å². The molecule has 1 aromatic carbocycles. The van der Waals surface area contributed by atoms with E-state index in [0.717, 1.165) is 6.54 Å². The number of rotatable bonds is 7. The van der Waals surface area contributed by atoms with Gasteiger partial charge in [-0.3, -0.25) is 0 Å². The van der Waals surface area contributed by atoms with Crippen molar-refractivity contribution in [2.45, 2.75) is 27.3 Å². The third-order valence-electron chi connectivity index (χ3n) is 2.57. The van der Waals surface area contributed by atoms with E-state index in [1.54, 1.807) is 6.92 Å². The van der Waals surface area contributed by atoms with Crippen LogP contribution < -0.4 is 10.1 Å². The van der Waals surface area contributed by atoms with Gasteiger partial charge in [-0.25, -0.2) is 8.78 Å². The van der Waals surface area contributed by atoms with Gasteiger partial charge in [-0.15, -0.1) is 0 Å². The molecule has 5 heteroatoms. The number of hydrogen-bond acceptors (Lipinski definition) is 2. The summed E-state index contributed by atoms with van der Waals surface area (Å²) in [6, 6.07) is 2.57. The van der Waals surface area contributed by atoms with E-state index in [2.05, 4.69) is 19.2 Å². The fourth-order valence-electron chi connectivity index (χ4n) is 1.58. The second-order valence-corrected chi connectivity index (χ2v) is 5.38. The fourth-order valence-corrected chi connectivity index (χ4v) is 1.64. The molecule has 0 atom stereocenters. The molecular weight excluding hydrogens is 284 g/mol. The van der Waals surface area contributed by atoms with Gasteiger partial charge in [-0.05, 0) is 42.7 Å². The summed E-state index contributed by atoms with van der Waals surface area (Å²) in [5, 5.41) is 3.13. The van der Waals surface area contributed by atoms with E-state index in [1.165, 1.54) is 17.7 Å². The van der Waals surface area contributed by atoms with E-state index in [4.69, 9.17) is 16.3 Å². The molecule has 0 unspecified atom stereocenters. The molecule has 0 aliphatic heterocycles. The summed E-state index contributed by atoms with van der Waals surface area (Å²) in [5.74, 6) is -1.28. The molecule has 112 valence electrons. The first-order valence-corrected chi connectivity index (χ1v) is 6.95. The van der Waals surface area contributed by atoms with Crippen LogP contribution in [0.2, 0.25) is 0 Å². The topological polar surface area (TPSA) is 21.3 Å². The minimum absolute atomic E-state index is 0.0578. The van der Waals surface area contributed by atoms with Crippen LogP contribution in [0.4, 0.5) is 8.78 Å². The first-order chi connectivity index (χ1) is 9.43. The Morgan fingerprint density at radius 2 is 1.95 bits per heavy atom. The Morgan fingerprint density at radius 3 is 2.45 bits per heavy atom. The van der Waals surface area contributed by atoms with Crippen LogP contribution in [0.5, 0.6) is 5.75 Å². The summed E-state index contributed by atoms with van der Waals surface area (Å²) in [5.41, 5.74) is 2.56. The molecule has 0 spiro atoms. The average Bonchev–Trinajstić information content (AvgIpc) is 2.37. The maximum atomic E-state index is 13.8. The van der Waals surface area contributed by atoms with Crippen molar-refractivity contribution in [3.8, 4) is 5.75 Å². The minimum atomic E-state index is -0.700. The molecule has 0 bridgehead atoms. The molecule has 0 saturated heterocycles. The highest BCUT2D eigenvalue weighted by atomic mass is 35.5. The summed E-state index contributed by atoms with van der Waals surface area (Å²) >= 11 is 5.47. The maximum Gasteiger partial charge on any atom is 0.191 e. The number of nitrogens with one attached hydrogen (secondary N) is 1. The summed E-state index contributed by atoms with van der Waals surface area (Å²) < 4.78 is 32.7. The number of benzene rings is 1. The van der Waals surface area contributed by atoms with E-state index >= 15 is 0 Å². The molecule has 1 aromatic rings. The van der Waals surface area contributed by atoms with Crippen molar-refractivity contribution in [1.29, 1.82) is 0 Å².